The van der Waals surface area contributed by atoms with E-state index in [0.717, 1.165) is 23.2 Å². The minimum absolute atomic E-state index is 0.0428. The molecule has 1 aliphatic heterocycles. The van der Waals surface area contributed by atoms with Crippen molar-refractivity contribution < 1.29 is 13.9 Å². The van der Waals surface area contributed by atoms with Gasteiger partial charge in [0.05, 0.1) is 23.9 Å². The molecule has 0 saturated heterocycles. The zero-order chi connectivity index (χ0) is 17.4. The van der Waals surface area contributed by atoms with Crippen LogP contribution in [0.4, 0.5) is 10.1 Å². The van der Waals surface area contributed by atoms with Crippen LogP contribution >= 0.6 is 0 Å². The summed E-state index contributed by atoms with van der Waals surface area (Å²) in [7, 11) is 0. The smallest absolute Gasteiger partial charge is 0.340 e. The lowest BCUT2D eigenvalue weighted by molar-refractivity contribution is 0.0527. The third-order valence-corrected chi connectivity index (χ3v) is 5.10. The normalized spacial score (nSPS) is 23.5. The maximum Gasteiger partial charge on any atom is 0.340 e. The van der Waals surface area contributed by atoms with E-state index < -0.39 is 0 Å². The lowest BCUT2D eigenvalue weighted by Gasteiger charge is -2.38. The van der Waals surface area contributed by atoms with Crippen molar-refractivity contribution in [1.82, 2.24) is 0 Å². The molecule has 0 unspecified atom stereocenters. The molecule has 3 atom stereocenters. The minimum atomic E-state index is -0.328. The van der Waals surface area contributed by atoms with Crippen molar-refractivity contribution in [2.45, 2.75) is 25.3 Å². The number of hydrogen-bond donors (Lipinski definition) is 1. The van der Waals surface area contributed by atoms with E-state index in [4.69, 9.17) is 4.74 Å². The van der Waals surface area contributed by atoms with Gasteiger partial charge in [-0.05, 0) is 48.6 Å². The molecule has 1 aliphatic carbocycles. The van der Waals surface area contributed by atoms with Crippen LogP contribution in [0.15, 0.2) is 54.6 Å². The molecule has 1 N–H and O–H groups in total. The molecule has 0 saturated carbocycles. The van der Waals surface area contributed by atoms with E-state index in [9.17, 15) is 9.18 Å². The lowest BCUT2D eigenvalue weighted by Crippen LogP contribution is -2.30. The first kappa shape index (κ1) is 15.9. The van der Waals surface area contributed by atoms with E-state index in [1.165, 1.54) is 6.07 Å². The number of esters is 1. The number of anilines is 1. The SMILES string of the molecule is CCOC(=O)c1cccc2c1N[C@H](c1cccc(F)c1)[C@@H]1CC=C[C@H]21. The minimum Gasteiger partial charge on any atom is -0.462 e. The van der Waals surface area contributed by atoms with Crippen molar-refractivity contribution in [2.75, 3.05) is 11.9 Å². The van der Waals surface area contributed by atoms with E-state index in [0.29, 0.717) is 18.1 Å². The summed E-state index contributed by atoms with van der Waals surface area (Å²) < 4.78 is 19.0. The zero-order valence-electron chi connectivity index (χ0n) is 14.0. The standard InChI is InChI=1S/C21H20FNO2/c1-2-25-21(24)18-11-5-10-17-15-8-4-9-16(15)19(23-20(17)18)13-6-3-7-14(22)12-13/h3-8,10-12,15-16,19,23H,2,9H2,1H3/t15-,16+,19+/m0/s1. The molecule has 0 spiro atoms. The van der Waals surface area contributed by atoms with Crippen LogP contribution in [0.3, 0.4) is 0 Å². The molecule has 25 heavy (non-hydrogen) atoms. The molecule has 4 rings (SSSR count). The summed E-state index contributed by atoms with van der Waals surface area (Å²) in [6.07, 6.45) is 5.31. The van der Waals surface area contributed by atoms with E-state index in [-0.39, 0.29) is 23.7 Å². The van der Waals surface area contributed by atoms with Gasteiger partial charge in [0.25, 0.3) is 0 Å². The molecular formula is C21H20FNO2. The van der Waals surface area contributed by atoms with Gasteiger partial charge in [0.2, 0.25) is 0 Å². The van der Waals surface area contributed by atoms with E-state index >= 15 is 0 Å². The van der Waals surface area contributed by atoms with Crippen LogP contribution in [0, 0.1) is 11.7 Å². The fraction of sp³-hybridized carbons (Fsp3) is 0.286. The summed E-state index contributed by atoms with van der Waals surface area (Å²) in [5, 5.41) is 3.51. The van der Waals surface area contributed by atoms with E-state index in [1.807, 2.05) is 12.1 Å². The number of benzene rings is 2. The number of allylic oxidation sites excluding steroid dienone is 2. The van der Waals surface area contributed by atoms with Gasteiger partial charge < -0.3 is 10.1 Å². The van der Waals surface area contributed by atoms with Gasteiger partial charge in [-0.25, -0.2) is 9.18 Å². The molecule has 0 aromatic heterocycles. The summed E-state index contributed by atoms with van der Waals surface area (Å²) in [5.41, 5.74) is 3.36. The average Bonchev–Trinajstić information content (AvgIpc) is 3.10. The number of halogens is 1. The zero-order valence-corrected chi connectivity index (χ0v) is 14.0. The molecule has 0 radical (unpaired) electrons. The van der Waals surface area contributed by atoms with Gasteiger partial charge in [0.1, 0.15) is 5.82 Å². The summed E-state index contributed by atoms with van der Waals surface area (Å²) in [4.78, 5) is 12.4. The summed E-state index contributed by atoms with van der Waals surface area (Å²) in [6, 6.07) is 12.4. The van der Waals surface area contributed by atoms with Crippen molar-refractivity contribution in [3.8, 4) is 0 Å². The molecule has 0 fully saturated rings. The van der Waals surface area contributed by atoms with Crippen molar-refractivity contribution in [3.05, 3.63) is 77.1 Å². The van der Waals surface area contributed by atoms with Crippen LogP contribution in [-0.4, -0.2) is 12.6 Å². The summed E-state index contributed by atoms with van der Waals surface area (Å²) >= 11 is 0. The number of carbonyl (C=O) groups is 1. The topological polar surface area (TPSA) is 38.3 Å². The number of ether oxygens (including phenoxy) is 1. The van der Waals surface area contributed by atoms with Crippen molar-refractivity contribution in [2.24, 2.45) is 5.92 Å². The van der Waals surface area contributed by atoms with Crippen LogP contribution in [0.25, 0.3) is 0 Å². The largest absolute Gasteiger partial charge is 0.462 e. The highest BCUT2D eigenvalue weighted by atomic mass is 19.1. The third kappa shape index (κ3) is 2.72. The molecule has 2 aromatic carbocycles. The van der Waals surface area contributed by atoms with Crippen molar-refractivity contribution in [3.63, 3.8) is 0 Å². The second-order valence-electron chi connectivity index (χ2n) is 6.52. The Bertz CT molecular complexity index is 846. The average molecular weight is 337 g/mol. The Balaban J connectivity index is 1.80. The number of para-hydroxylation sites is 1. The monoisotopic (exact) mass is 337 g/mol. The van der Waals surface area contributed by atoms with Crippen molar-refractivity contribution in [1.29, 1.82) is 0 Å². The molecule has 0 bridgehead atoms. The Morgan fingerprint density at radius 2 is 2.12 bits per heavy atom. The number of fused-ring (bicyclic) bond motifs is 3. The first-order valence-electron chi connectivity index (χ1n) is 8.67. The van der Waals surface area contributed by atoms with Crippen LogP contribution < -0.4 is 5.32 Å². The highest BCUT2D eigenvalue weighted by molar-refractivity contribution is 5.97. The number of carbonyl (C=O) groups excluding carboxylic acids is 1. The highest BCUT2D eigenvalue weighted by Crippen LogP contribution is 2.50. The second-order valence-corrected chi connectivity index (χ2v) is 6.52. The maximum atomic E-state index is 13.8. The van der Waals surface area contributed by atoms with E-state index in [1.54, 1.807) is 25.1 Å². The van der Waals surface area contributed by atoms with Crippen LogP contribution in [0.2, 0.25) is 0 Å². The number of nitrogens with one attached hydrogen (secondary N) is 1. The summed E-state index contributed by atoms with van der Waals surface area (Å²) in [5.74, 6) is -0.0396. The number of hydrogen-bond acceptors (Lipinski definition) is 3. The Morgan fingerprint density at radius 1 is 1.28 bits per heavy atom. The Kier molecular flexibility index (Phi) is 4.04. The molecule has 1 heterocycles. The third-order valence-electron chi connectivity index (χ3n) is 5.10. The number of rotatable bonds is 3. The first-order chi connectivity index (χ1) is 12.2. The lowest BCUT2D eigenvalue weighted by atomic mass is 9.76. The summed E-state index contributed by atoms with van der Waals surface area (Å²) in [6.45, 7) is 2.13. The molecule has 2 aromatic rings. The van der Waals surface area contributed by atoms with E-state index in [2.05, 4.69) is 23.5 Å². The quantitative estimate of drug-likeness (QED) is 0.644. The van der Waals surface area contributed by atoms with Crippen LogP contribution in [-0.2, 0) is 4.74 Å². The molecular weight excluding hydrogens is 317 g/mol. The molecule has 0 amide bonds. The van der Waals surface area contributed by atoms with Crippen molar-refractivity contribution >= 4 is 11.7 Å². The van der Waals surface area contributed by atoms with Gasteiger partial charge in [0, 0.05) is 5.92 Å². The van der Waals surface area contributed by atoms with Gasteiger partial charge in [-0.3, -0.25) is 0 Å². The van der Waals surface area contributed by atoms with Gasteiger partial charge >= 0.3 is 5.97 Å². The first-order valence-corrected chi connectivity index (χ1v) is 8.67. The Labute approximate surface area is 146 Å². The maximum absolute atomic E-state index is 13.8. The van der Waals surface area contributed by atoms with Crippen LogP contribution in [0.5, 0.6) is 0 Å². The predicted octanol–water partition coefficient (Wildman–Crippen LogP) is 4.83. The molecule has 2 aliphatic rings. The molecule has 4 heteroatoms. The fourth-order valence-electron chi connectivity index (χ4n) is 4.03. The second kappa shape index (κ2) is 6.36. The van der Waals surface area contributed by atoms with Crippen LogP contribution in [0.1, 0.15) is 46.8 Å². The fourth-order valence-corrected chi connectivity index (χ4v) is 4.03. The molecule has 3 nitrogen and oxygen atoms in total. The van der Waals surface area contributed by atoms with Gasteiger partial charge in [-0.1, -0.05) is 36.4 Å². The Morgan fingerprint density at radius 3 is 2.92 bits per heavy atom. The molecule has 128 valence electrons. The predicted molar refractivity (Wildman–Crippen MR) is 95.2 cm³/mol. The van der Waals surface area contributed by atoms with Gasteiger partial charge in [-0.2, -0.15) is 0 Å². The van der Waals surface area contributed by atoms with Gasteiger partial charge in [0.15, 0.2) is 0 Å². The Hall–Kier alpha value is -2.62. The van der Waals surface area contributed by atoms with Gasteiger partial charge in [-0.15, -0.1) is 0 Å². The highest BCUT2D eigenvalue weighted by Gasteiger charge is 2.39.